The molecule has 2 N–H and O–H groups in total. The summed E-state index contributed by atoms with van der Waals surface area (Å²) in [4.78, 5) is 2.31. The average molecular weight is 219 g/mol. The van der Waals surface area contributed by atoms with Crippen LogP contribution in [0.4, 0.5) is 5.69 Å². The van der Waals surface area contributed by atoms with Crippen LogP contribution in [-0.4, -0.2) is 30.3 Å². The van der Waals surface area contributed by atoms with Gasteiger partial charge in [0.2, 0.25) is 0 Å². The molecule has 1 saturated heterocycles. The number of hydrogen-bond donors (Lipinski definition) is 2. The zero-order valence-corrected chi connectivity index (χ0v) is 9.63. The molecule has 0 unspecified atom stereocenters. The second-order valence-corrected chi connectivity index (χ2v) is 4.64. The van der Waals surface area contributed by atoms with Crippen molar-refractivity contribution in [2.24, 2.45) is 5.92 Å². The Balaban J connectivity index is 2.11. The van der Waals surface area contributed by atoms with Crippen molar-refractivity contribution in [1.82, 2.24) is 0 Å². The molecule has 2 rings (SSSR count). The highest BCUT2D eigenvalue weighted by atomic mass is 16.4. The molecule has 0 aromatic heterocycles. The van der Waals surface area contributed by atoms with E-state index in [-0.39, 0.29) is 0 Å². The lowest BCUT2D eigenvalue weighted by molar-refractivity contribution is 0.425. The van der Waals surface area contributed by atoms with E-state index >= 15 is 0 Å². The molecule has 0 aliphatic carbocycles. The van der Waals surface area contributed by atoms with Crippen molar-refractivity contribution >= 4 is 18.3 Å². The molecule has 16 heavy (non-hydrogen) atoms. The van der Waals surface area contributed by atoms with Crippen LogP contribution in [0, 0.1) is 5.92 Å². The smallest absolute Gasteiger partial charge is 0.423 e. The van der Waals surface area contributed by atoms with E-state index in [1.165, 1.54) is 12.8 Å². The van der Waals surface area contributed by atoms with Crippen molar-refractivity contribution in [3.05, 3.63) is 24.3 Å². The number of benzene rings is 1. The third kappa shape index (κ3) is 2.57. The van der Waals surface area contributed by atoms with Crippen molar-refractivity contribution in [2.45, 2.75) is 19.8 Å². The highest BCUT2D eigenvalue weighted by Crippen LogP contribution is 2.21. The van der Waals surface area contributed by atoms with E-state index in [2.05, 4.69) is 11.8 Å². The van der Waals surface area contributed by atoms with Crippen LogP contribution < -0.4 is 10.4 Å². The van der Waals surface area contributed by atoms with Crippen molar-refractivity contribution in [3.63, 3.8) is 0 Å². The van der Waals surface area contributed by atoms with Crippen LogP contribution in [-0.2, 0) is 0 Å². The third-order valence-corrected chi connectivity index (χ3v) is 3.32. The van der Waals surface area contributed by atoms with Crippen LogP contribution >= 0.6 is 0 Å². The molecule has 4 heteroatoms. The summed E-state index contributed by atoms with van der Waals surface area (Å²) < 4.78 is 0. The number of hydrogen-bond acceptors (Lipinski definition) is 3. The van der Waals surface area contributed by atoms with E-state index < -0.39 is 7.12 Å². The van der Waals surface area contributed by atoms with Gasteiger partial charge < -0.3 is 14.9 Å². The second-order valence-electron chi connectivity index (χ2n) is 4.64. The normalized spacial score (nSPS) is 17.6. The van der Waals surface area contributed by atoms with E-state index in [1.807, 2.05) is 18.2 Å². The first-order valence-electron chi connectivity index (χ1n) is 5.88. The minimum atomic E-state index is -1.37. The maximum absolute atomic E-state index is 9.13. The van der Waals surface area contributed by atoms with E-state index in [9.17, 15) is 0 Å². The van der Waals surface area contributed by atoms with Gasteiger partial charge in [-0.2, -0.15) is 0 Å². The van der Waals surface area contributed by atoms with Gasteiger partial charge in [0.1, 0.15) is 0 Å². The minimum Gasteiger partial charge on any atom is -0.423 e. The fourth-order valence-electron chi connectivity index (χ4n) is 2.15. The lowest BCUT2D eigenvalue weighted by Gasteiger charge is -2.32. The van der Waals surface area contributed by atoms with Gasteiger partial charge in [0.05, 0.1) is 0 Å². The second kappa shape index (κ2) is 4.89. The Morgan fingerprint density at radius 1 is 1.25 bits per heavy atom. The molecule has 0 bridgehead atoms. The van der Waals surface area contributed by atoms with Crippen molar-refractivity contribution in [2.75, 3.05) is 18.0 Å². The molecule has 0 saturated carbocycles. The van der Waals surface area contributed by atoms with Gasteiger partial charge in [-0.25, -0.2) is 0 Å². The Labute approximate surface area is 96.9 Å². The van der Waals surface area contributed by atoms with Gasteiger partial charge in [-0.05, 0) is 36.4 Å². The van der Waals surface area contributed by atoms with Crippen LogP contribution in [0.5, 0.6) is 0 Å². The molecular formula is C12H18BNO2. The van der Waals surface area contributed by atoms with Gasteiger partial charge >= 0.3 is 7.12 Å². The predicted molar refractivity (Wildman–Crippen MR) is 66.9 cm³/mol. The Morgan fingerprint density at radius 3 is 2.56 bits per heavy atom. The first-order chi connectivity index (χ1) is 7.66. The van der Waals surface area contributed by atoms with E-state index in [0.717, 1.165) is 24.7 Å². The first kappa shape index (κ1) is 11.5. The molecule has 1 fully saturated rings. The van der Waals surface area contributed by atoms with Crippen LogP contribution in [0.25, 0.3) is 0 Å². The first-order valence-corrected chi connectivity index (χ1v) is 5.88. The van der Waals surface area contributed by atoms with Gasteiger partial charge in [0, 0.05) is 18.8 Å². The van der Waals surface area contributed by atoms with Gasteiger partial charge in [-0.15, -0.1) is 0 Å². The highest BCUT2D eigenvalue weighted by molar-refractivity contribution is 6.58. The average Bonchev–Trinajstić information content (AvgIpc) is 2.30. The summed E-state index contributed by atoms with van der Waals surface area (Å²) in [5.41, 5.74) is 1.66. The standard InChI is InChI=1S/C12H18BNO2/c1-10-5-7-14(8-6-10)12-4-2-3-11(9-12)13(15)16/h2-4,9-10,15-16H,5-8H2,1H3. The van der Waals surface area contributed by atoms with Gasteiger partial charge in [0.15, 0.2) is 0 Å². The molecule has 0 amide bonds. The molecule has 1 heterocycles. The van der Waals surface area contributed by atoms with Crippen molar-refractivity contribution in [1.29, 1.82) is 0 Å². The highest BCUT2D eigenvalue weighted by Gasteiger charge is 2.17. The van der Waals surface area contributed by atoms with Crippen LogP contribution in [0.15, 0.2) is 24.3 Å². The van der Waals surface area contributed by atoms with E-state index in [0.29, 0.717) is 5.46 Å². The van der Waals surface area contributed by atoms with Gasteiger partial charge in [0.25, 0.3) is 0 Å². The summed E-state index contributed by atoms with van der Waals surface area (Å²) in [6, 6.07) is 7.51. The Kier molecular flexibility index (Phi) is 3.51. The molecule has 1 aliphatic rings. The fourth-order valence-corrected chi connectivity index (χ4v) is 2.15. The molecule has 86 valence electrons. The SMILES string of the molecule is CC1CCN(c2cccc(B(O)O)c2)CC1. The molecule has 1 aromatic rings. The Bertz CT molecular complexity index is 349. The summed E-state index contributed by atoms with van der Waals surface area (Å²) >= 11 is 0. The molecule has 0 spiro atoms. The largest absolute Gasteiger partial charge is 0.488 e. The van der Waals surface area contributed by atoms with Gasteiger partial charge in [-0.1, -0.05) is 19.1 Å². The molecular weight excluding hydrogens is 201 g/mol. The molecule has 0 radical (unpaired) electrons. The molecule has 0 atom stereocenters. The predicted octanol–water partition coefficient (Wildman–Crippen LogP) is 0.603. The minimum absolute atomic E-state index is 0.566. The number of rotatable bonds is 2. The zero-order valence-electron chi connectivity index (χ0n) is 9.63. The van der Waals surface area contributed by atoms with Crippen LogP contribution in [0.2, 0.25) is 0 Å². The fraction of sp³-hybridized carbons (Fsp3) is 0.500. The van der Waals surface area contributed by atoms with Crippen molar-refractivity contribution < 1.29 is 10.0 Å². The number of anilines is 1. The summed E-state index contributed by atoms with van der Waals surface area (Å²) in [6.45, 7) is 4.41. The third-order valence-electron chi connectivity index (χ3n) is 3.32. The maximum atomic E-state index is 9.13. The summed E-state index contributed by atoms with van der Waals surface area (Å²) in [6.07, 6.45) is 2.43. The summed E-state index contributed by atoms with van der Waals surface area (Å²) in [5, 5.41) is 18.3. The quantitative estimate of drug-likeness (QED) is 0.716. The van der Waals surface area contributed by atoms with Crippen LogP contribution in [0.1, 0.15) is 19.8 Å². The summed E-state index contributed by atoms with van der Waals surface area (Å²) in [5.74, 6) is 0.808. The Morgan fingerprint density at radius 2 is 1.94 bits per heavy atom. The lowest BCUT2D eigenvalue weighted by atomic mass is 9.80. The topological polar surface area (TPSA) is 43.7 Å². The summed E-state index contributed by atoms with van der Waals surface area (Å²) in [7, 11) is -1.37. The monoisotopic (exact) mass is 219 g/mol. The van der Waals surface area contributed by atoms with Gasteiger partial charge in [-0.3, -0.25) is 0 Å². The Hall–Kier alpha value is -0.995. The van der Waals surface area contributed by atoms with E-state index in [4.69, 9.17) is 10.0 Å². The maximum Gasteiger partial charge on any atom is 0.488 e. The van der Waals surface area contributed by atoms with E-state index in [1.54, 1.807) is 6.07 Å². The number of nitrogens with zero attached hydrogens (tertiary/aromatic N) is 1. The zero-order chi connectivity index (χ0) is 11.5. The van der Waals surface area contributed by atoms with Crippen LogP contribution in [0.3, 0.4) is 0 Å². The molecule has 1 aliphatic heterocycles. The number of piperidine rings is 1. The molecule has 3 nitrogen and oxygen atoms in total. The lowest BCUT2D eigenvalue weighted by Crippen LogP contribution is -2.35. The van der Waals surface area contributed by atoms with Crippen molar-refractivity contribution in [3.8, 4) is 0 Å². The molecule has 1 aromatic carbocycles.